The summed E-state index contributed by atoms with van der Waals surface area (Å²) in [5.41, 5.74) is 1.18. The van der Waals surface area contributed by atoms with E-state index in [2.05, 4.69) is 27.4 Å². The zero-order valence-electron chi connectivity index (χ0n) is 12.0. The Kier molecular flexibility index (Phi) is 6.35. The molecule has 1 heterocycles. The number of nitrogens with one attached hydrogen (secondary N) is 3. The number of rotatable bonds is 7. The lowest BCUT2D eigenvalue weighted by Gasteiger charge is -2.12. The van der Waals surface area contributed by atoms with Crippen LogP contribution in [0.2, 0.25) is 0 Å². The molecular weight excluding hydrogens is 275 g/mol. The minimum atomic E-state index is -0.496. The van der Waals surface area contributed by atoms with E-state index in [0.29, 0.717) is 11.4 Å². The Hall–Kier alpha value is -2.41. The number of halogens is 1. The first-order chi connectivity index (χ1) is 9.97. The number of aliphatic hydroxyl groups excluding tert-OH is 1. The van der Waals surface area contributed by atoms with Gasteiger partial charge in [0.05, 0.1) is 18.5 Å². The van der Waals surface area contributed by atoms with E-state index in [1.807, 2.05) is 0 Å². The van der Waals surface area contributed by atoms with Crippen molar-refractivity contribution in [1.29, 1.82) is 0 Å². The lowest BCUT2D eigenvalue weighted by molar-refractivity contribution is 0.0961. The van der Waals surface area contributed by atoms with Crippen LogP contribution in [0.15, 0.2) is 42.5 Å². The van der Waals surface area contributed by atoms with Crippen molar-refractivity contribution < 1.29 is 14.3 Å². The van der Waals surface area contributed by atoms with E-state index < -0.39 is 11.7 Å². The predicted octanol–water partition coefficient (Wildman–Crippen LogP) is 1.88. The molecule has 0 aliphatic carbocycles. The normalized spacial score (nSPS) is 13.7. The number of hydrogen-bond acceptors (Lipinski definition) is 4. The Labute approximate surface area is 122 Å². The maximum absolute atomic E-state index is 12.9. The Bertz CT molecular complexity index is 563. The summed E-state index contributed by atoms with van der Waals surface area (Å²) >= 11 is 0. The number of aromatic amines is 1. The number of amides is 1. The molecule has 0 aliphatic heterocycles. The van der Waals surface area contributed by atoms with Crippen molar-refractivity contribution in [2.75, 3.05) is 11.9 Å². The van der Waals surface area contributed by atoms with Gasteiger partial charge < -0.3 is 15.7 Å². The van der Waals surface area contributed by atoms with E-state index in [-0.39, 0.29) is 18.3 Å². The first-order valence-electron chi connectivity index (χ1n) is 6.36. The molecule has 1 aromatic rings. The minimum absolute atomic E-state index is 0.0726. The van der Waals surface area contributed by atoms with Gasteiger partial charge >= 0.3 is 0 Å². The highest BCUT2D eigenvalue weighted by molar-refractivity contribution is 5.98. The highest BCUT2D eigenvalue weighted by Gasteiger charge is 2.15. The van der Waals surface area contributed by atoms with Gasteiger partial charge in [0.25, 0.3) is 5.91 Å². The summed E-state index contributed by atoms with van der Waals surface area (Å²) in [4.78, 5) is 12.1. The second-order valence-electron chi connectivity index (χ2n) is 4.45. The zero-order chi connectivity index (χ0) is 15.8. The van der Waals surface area contributed by atoms with Gasteiger partial charge in [-0.1, -0.05) is 6.58 Å². The molecule has 0 fully saturated rings. The van der Waals surface area contributed by atoms with Gasteiger partial charge in [0, 0.05) is 11.7 Å². The van der Waals surface area contributed by atoms with Crippen LogP contribution in [-0.2, 0) is 0 Å². The number of anilines is 1. The van der Waals surface area contributed by atoms with E-state index in [9.17, 15) is 9.18 Å². The second kappa shape index (κ2) is 8.01. The number of H-pyrrole nitrogens is 1. The quantitative estimate of drug-likeness (QED) is 0.578. The molecule has 1 atom stereocenters. The number of aliphatic hydroxyl groups is 1. The minimum Gasteiger partial charge on any atom is -0.394 e. The van der Waals surface area contributed by atoms with Crippen molar-refractivity contribution >= 4 is 11.6 Å². The number of hydrogen-bond donors (Lipinski definition) is 4. The van der Waals surface area contributed by atoms with Crippen LogP contribution in [-0.4, -0.2) is 33.9 Å². The molecule has 0 aliphatic rings. The van der Waals surface area contributed by atoms with E-state index in [4.69, 9.17) is 5.11 Å². The van der Waals surface area contributed by atoms with Crippen LogP contribution in [0.4, 0.5) is 10.1 Å². The average Bonchev–Trinajstić information content (AvgIpc) is 2.92. The molecule has 4 N–H and O–H groups in total. The fourth-order valence-electron chi connectivity index (χ4n) is 1.44. The molecule has 21 heavy (non-hydrogen) atoms. The van der Waals surface area contributed by atoms with Crippen molar-refractivity contribution in [1.82, 2.24) is 15.5 Å². The number of aromatic nitrogens is 2. The van der Waals surface area contributed by atoms with Gasteiger partial charge in [0.15, 0.2) is 0 Å². The van der Waals surface area contributed by atoms with Gasteiger partial charge in [-0.2, -0.15) is 5.10 Å². The highest BCUT2D eigenvalue weighted by Crippen LogP contribution is 2.13. The van der Waals surface area contributed by atoms with Gasteiger partial charge in [-0.25, -0.2) is 4.39 Å². The number of carbonyl (C=O) groups is 1. The molecular formula is C14H19FN4O2. The van der Waals surface area contributed by atoms with Crippen molar-refractivity contribution in [3.05, 3.63) is 48.2 Å². The predicted molar refractivity (Wildman–Crippen MR) is 79.4 cm³/mol. The standard InChI is InChI=1S/C14H19FN4O2/c1-4-11(15)6-5-9(2)18-14(21)13-12(7-16-19-13)17-10(3)8-20/h4-7,10,17,20H,1,8H2,2-3H3,(H,16,19)(H,18,21)/b9-5+,11-6+. The van der Waals surface area contributed by atoms with Crippen LogP contribution in [0, 0.1) is 0 Å². The van der Waals surface area contributed by atoms with Crippen LogP contribution < -0.4 is 10.6 Å². The van der Waals surface area contributed by atoms with Crippen LogP contribution in [0.1, 0.15) is 24.3 Å². The Morgan fingerprint density at radius 3 is 2.95 bits per heavy atom. The zero-order valence-corrected chi connectivity index (χ0v) is 12.0. The summed E-state index contributed by atoms with van der Waals surface area (Å²) in [5.74, 6) is -0.912. The molecule has 1 unspecified atom stereocenters. The van der Waals surface area contributed by atoms with Gasteiger partial charge in [-0.15, -0.1) is 0 Å². The third kappa shape index (κ3) is 5.23. The van der Waals surface area contributed by atoms with Crippen molar-refractivity contribution in [2.24, 2.45) is 0 Å². The van der Waals surface area contributed by atoms with Crippen LogP contribution in [0.5, 0.6) is 0 Å². The Balaban J connectivity index is 2.76. The lowest BCUT2D eigenvalue weighted by atomic mass is 10.3. The van der Waals surface area contributed by atoms with Gasteiger partial charge in [0.2, 0.25) is 0 Å². The number of allylic oxidation sites excluding steroid dienone is 5. The van der Waals surface area contributed by atoms with Crippen LogP contribution >= 0.6 is 0 Å². The molecule has 0 saturated carbocycles. The van der Waals surface area contributed by atoms with Crippen LogP contribution in [0.25, 0.3) is 0 Å². The molecule has 1 rings (SSSR count). The van der Waals surface area contributed by atoms with E-state index in [0.717, 1.165) is 6.08 Å². The molecule has 7 heteroatoms. The molecule has 0 saturated heterocycles. The SMILES string of the molecule is C=C/C(F)=C\C=C(/C)NC(=O)c1[nH]ncc1NC(C)CO. The lowest BCUT2D eigenvalue weighted by Crippen LogP contribution is -2.25. The largest absolute Gasteiger partial charge is 0.394 e. The summed E-state index contributed by atoms with van der Waals surface area (Å²) in [5, 5.41) is 20.9. The van der Waals surface area contributed by atoms with E-state index in [1.165, 1.54) is 18.3 Å². The first-order valence-corrected chi connectivity index (χ1v) is 6.36. The van der Waals surface area contributed by atoms with E-state index in [1.54, 1.807) is 13.8 Å². The molecule has 0 aromatic carbocycles. The first kappa shape index (κ1) is 16.6. The Morgan fingerprint density at radius 2 is 2.33 bits per heavy atom. The summed E-state index contributed by atoms with van der Waals surface area (Å²) < 4.78 is 12.9. The molecule has 1 aromatic heterocycles. The molecule has 0 spiro atoms. The van der Waals surface area contributed by atoms with Gasteiger partial charge in [-0.3, -0.25) is 9.89 Å². The van der Waals surface area contributed by atoms with E-state index >= 15 is 0 Å². The third-order valence-electron chi connectivity index (χ3n) is 2.54. The maximum atomic E-state index is 12.9. The molecule has 0 bridgehead atoms. The highest BCUT2D eigenvalue weighted by atomic mass is 19.1. The molecule has 1 amide bonds. The topological polar surface area (TPSA) is 90.0 Å². The van der Waals surface area contributed by atoms with Gasteiger partial charge in [0.1, 0.15) is 11.5 Å². The summed E-state index contributed by atoms with van der Waals surface area (Å²) in [6, 6.07) is -0.213. The summed E-state index contributed by atoms with van der Waals surface area (Å²) in [6.45, 7) is 6.61. The van der Waals surface area contributed by atoms with Crippen molar-refractivity contribution in [3.63, 3.8) is 0 Å². The second-order valence-corrected chi connectivity index (χ2v) is 4.45. The summed E-state index contributed by atoms with van der Waals surface area (Å²) in [6.07, 6.45) is 5.15. The maximum Gasteiger partial charge on any atom is 0.275 e. The van der Waals surface area contributed by atoms with Crippen molar-refractivity contribution in [3.8, 4) is 0 Å². The Morgan fingerprint density at radius 1 is 1.62 bits per heavy atom. The number of nitrogens with zero attached hydrogens (tertiary/aromatic N) is 1. The summed E-state index contributed by atoms with van der Waals surface area (Å²) in [7, 11) is 0. The van der Waals surface area contributed by atoms with Crippen molar-refractivity contribution in [2.45, 2.75) is 19.9 Å². The third-order valence-corrected chi connectivity index (χ3v) is 2.54. The van der Waals surface area contributed by atoms with Crippen LogP contribution in [0.3, 0.4) is 0 Å². The smallest absolute Gasteiger partial charge is 0.275 e. The monoisotopic (exact) mass is 294 g/mol. The molecule has 6 nitrogen and oxygen atoms in total. The average molecular weight is 294 g/mol. The fraction of sp³-hybridized carbons (Fsp3) is 0.286. The number of carbonyl (C=O) groups excluding carboxylic acids is 1. The van der Waals surface area contributed by atoms with Gasteiger partial charge in [-0.05, 0) is 32.1 Å². The molecule has 0 radical (unpaired) electrons. The molecule has 114 valence electrons. The fourth-order valence-corrected chi connectivity index (χ4v) is 1.44.